The number of aliphatic hydroxyl groups is 1. The van der Waals surface area contributed by atoms with Crippen molar-refractivity contribution in [2.45, 2.75) is 57.1 Å². The molecule has 2 saturated heterocycles. The van der Waals surface area contributed by atoms with Crippen LogP contribution in [-0.4, -0.2) is 47.8 Å². The van der Waals surface area contributed by atoms with Gasteiger partial charge in [0.15, 0.2) is 0 Å². The molecule has 2 N–H and O–H groups in total. The van der Waals surface area contributed by atoms with E-state index in [-0.39, 0.29) is 0 Å². The fraction of sp³-hybridized carbons (Fsp3) is 1.00. The molecule has 1 aliphatic carbocycles. The number of nitrogens with zero attached hydrogens (tertiary/aromatic N) is 1. The second-order valence-electron chi connectivity index (χ2n) is 6.92. The van der Waals surface area contributed by atoms with Crippen LogP contribution in [0, 0.1) is 11.8 Å². The van der Waals surface area contributed by atoms with Crippen molar-refractivity contribution in [2.75, 3.05) is 26.2 Å². The maximum Gasteiger partial charge on any atom is 0.0798 e. The maximum atomic E-state index is 10.6. The van der Waals surface area contributed by atoms with Crippen LogP contribution in [0.5, 0.6) is 0 Å². The van der Waals surface area contributed by atoms with Crippen LogP contribution in [0.3, 0.4) is 0 Å². The molecule has 3 nitrogen and oxygen atoms in total. The lowest BCUT2D eigenvalue weighted by Crippen LogP contribution is -2.62. The molecule has 4 atom stereocenters. The van der Waals surface area contributed by atoms with Gasteiger partial charge in [-0.25, -0.2) is 0 Å². The van der Waals surface area contributed by atoms with Crippen LogP contribution in [0.1, 0.15) is 45.4 Å². The SMILES string of the molecule is CC1(O)CCNCC1N1CCC2CCCCC2C1. The molecule has 0 aromatic carbocycles. The number of likely N-dealkylation sites (tertiary alicyclic amines) is 1. The van der Waals surface area contributed by atoms with Gasteiger partial charge in [0, 0.05) is 13.1 Å². The summed E-state index contributed by atoms with van der Waals surface area (Å²) < 4.78 is 0. The first-order chi connectivity index (χ1) is 8.67. The van der Waals surface area contributed by atoms with E-state index in [4.69, 9.17) is 0 Å². The third-order valence-electron chi connectivity index (χ3n) is 5.63. The van der Waals surface area contributed by atoms with Gasteiger partial charge in [0.05, 0.1) is 11.6 Å². The van der Waals surface area contributed by atoms with Gasteiger partial charge in [-0.3, -0.25) is 4.90 Å². The quantitative estimate of drug-likeness (QED) is 0.744. The van der Waals surface area contributed by atoms with Crippen molar-refractivity contribution >= 4 is 0 Å². The highest BCUT2D eigenvalue weighted by Gasteiger charge is 2.41. The standard InChI is InChI=1S/C15H28N2O/c1-15(18)7-8-16-10-14(15)17-9-6-12-4-2-3-5-13(12)11-17/h12-14,16,18H,2-11H2,1H3. The molecular weight excluding hydrogens is 224 g/mol. The van der Waals surface area contributed by atoms with Gasteiger partial charge in [-0.05, 0) is 51.1 Å². The topological polar surface area (TPSA) is 35.5 Å². The van der Waals surface area contributed by atoms with E-state index in [1.54, 1.807) is 0 Å². The number of fused-ring (bicyclic) bond motifs is 1. The van der Waals surface area contributed by atoms with E-state index < -0.39 is 5.60 Å². The first-order valence-corrected chi connectivity index (χ1v) is 7.84. The molecule has 2 aliphatic heterocycles. The number of rotatable bonds is 1. The van der Waals surface area contributed by atoms with Crippen LogP contribution in [0.2, 0.25) is 0 Å². The third kappa shape index (κ3) is 2.45. The van der Waals surface area contributed by atoms with Crippen LogP contribution < -0.4 is 5.32 Å². The molecule has 3 heteroatoms. The Kier molecular flexibility index (Phi) is 3.65. The van der Waals surface area contributed by atoms with Gasteiger partial charge in [0.2, 0.25) is 0 Å². The van der Waals surface area contributed by atoms with E-state index in [1.165, 1.54) is 45.2 Å². The molecular formula is C15H28N2O. The first-order valence-electron chi connectivity index (χ1n) is 7.84. The molecule has 0 aromatic rings. The summed E-state index contributed by atoms with van der Waals surface area (Å²) in [4.78, 5) is 2.58. The fourth-order valence-electron chi connectivity index (χ4n) is 4.40. The van der Waals surface area contributed by atoms with E-state index in [9.17, 15) is 5.11 Å². The average Bonchev–Trinajstić information content (AvgIpc) is 2.38. The Morgan fingerprint density at radius 2 is 1.94 bits per heavy atom. The maximum absolute atomic E-state index is 10.6. The number of nitrogens with one attached hydrogen (secondary N) is 1. The predicted octanol–water partition coefficient (Wildman–Crippen LogP) is 1.61. The zero-order valence-electron chi connectivity index (χ0n) is 11.7. The van der Waals surface area contributed by atoms with Crippen molar-refractivity contribution in [3.05, 3.63) is 0 Å². The van der Waals surface area contributed by atoms with Crippen LogP contribution in [-0.2, 0) is 0 Å². The minimum absolute atomic E-state index is 0.328. The molecule has 3 rings (SSSR count). The summed E-state index contributed by atoms with van der Waals surface area (Å²) in [6.07, 6.45) is 8.00. The summed E-state index contributed by atoms with van der Waals surface area (Å²) in [5, 5.41) is 14.1. The second-order valence-corrected chi connectivity index (χ2v) is 6.92. The summed E-state index contributed by atoms with van der Waals surface area (Å²) in [5.41, 5.74) is -0.493. The molecule has 2 heterocycles. The van der Waals surface area contributed by atoms with Crippen LogP contribution in [0.15, 0.2) is 0 Å². The van der Waals surface area contributed by atoms with Crippen molar-refractivity contribution in [3.63, 3.8) is 0 Å². The van der Waals surface area contributed by atoms with E-state index in [1.807, 2.05) is 6.92 Å². The zero-order valence-corrected chi connectivity index (χ0v) is 11.7. The Balaban J connectivity index is 1.66. The van der Waals surface area contributed by atoms with Gasteiger partial charge < -0.3 is 10.4 Å². The summed E-state index contributed by atoms with van der Waals surface area (Å²) in [5.74, 6) is 1.89. The first kappa shape index (κ1) is 12.9. The van der Waals surface area contributed by atoms with Crippen LogP contribution in [0.25, 0.3) is 0 Å². The lowest BCUT2D eigenvalue weighted by molar-refractivity contribution is -0.0733. The van der Waals surface area contributed by atoms with Gasteiger partial charge >= 0.3 is 0 Å². The van der Waals surface area contributed by atoms with Crippen molar-refractivity contribution in [1.82, 2.24) is 10.2 Å². The van der Waals surface area contributed by atoms with Gasteiger partial charge in [-0.1, -0.05) is 19.3 Å². The monoisotopic (exact) mass is 252 g/mol. The summed E-state index contributed by atoms with van der Waals surface area (Å²) in [7, 11) is 0. The largest absolute Gasteiger partial charge is 0.388 e. The highest BCUT2D eigenvalue weighted by molar-refractivity contribution is 4.97. The molecule has 3 fully saturated rings. The smallest absolute Gasteiger partial charge is 0.0798 e. The number of piperidine rings is 2. The summed E-state index contributed by atoms with van der Waals surface area (Å²) in [6, 6.07) is 0.328. The van der Waals surface area contributed by atoms with E-state index in [2.05, 4.69) is 10.2 Å². The van der Waals surface area contributed by atoms with Crippen LogP contribution in [0.4, 0.5) is 0 Å². The molecule has 0 bridgehead atoms. The van der Waals surface area contributed by atoms with Crippen molar-refractivity contribution in [1.29, 1.82) is 0 Å². The van der Waals surface area contributed by atoms with Crippen LogP contribution >= 0.6 is 0 Å². The molecule has 3 aliphatic rings. The van der Waals surface area contributed by atoms with Crippen molar-refractivity contribution in [3.8, 4) is 0 Å². The minimum Gasteiger partial charge on any atom is -0.388 e. The molecule has 0 aromatic heterocycles. The predicted molar refractivity (Wildman–Crippen MR) is 73.5 cm³/mol. The van der Waals surface area contributed by atoms with Gasteiger partial charge in [-0.15, -0.1) is 0 Å². The summed E-state index contributed by atoms with van der Waals surface area (Å²) >= 11 is 0. The molecule has 0 spiro atoms. The van der Waals surface area contributed by atoms with Crippen molar-refractivity contribution in [2.24, 2.45) is 11.8 Å². The summed E-state index contributed by atoms with van der Waals surface area (Å²) in [6.45, 7) is 6.38. The number of hydrogen-bond acceptors (Lipinski definition) is 3. The Hall–Kier alpha value is -0.120. The fourth-order valence-corrected chi connectivity index (χ4v) is 4.40. The minimum atomic E-state index is -0.493. The Bertz CT molecular complexity index is 292. The highest BCUT2D eigenvalue weighted by atomic mass is 16.3. The lowest BCUT2D eigenvalue weighted by atomic mass is 9.74. The Labute approximate surface area is 111 Å². The van der Waals surface area contributed by atoms with E-state index >= 15 is 0 Å². The normalized spacial score (nSPS) is 46.7. The Morgan fingerprint density at radius 1 is 1.17 bits per heavy atom. The third-order valence-corrected chi connectivity index (χ3v) is 5.63. The molecule has 18 heavy (non-hydrogen) atoms. The average molecular weight is 252 g/mol. The van der Waals surface area contributed by atoms with Crippen molar-refractivity contribution < 1.29 is 5.11 Å². The molecule has 4 unspecified atom stereocenters. The van der Waals surface area contributed by atoms with E-state index in [0.717, 1.165) is 31.3 Å². The van der Waals surface area contributed by atoms with E-state index in [0.29, 0.717) is 6.04 Å². The molecule has 0 amide bonds. The van der Waals surface area contributed by atoms with Gasteiger partial charge in [-0.2, -0.15) is 0 Å². The molecule has 1 saturated carbocycles. The lowest BCUT2D eigenvalue weighted by Gasteiger charge is -2.49. The number of hydrogen-bond donors (Lipinski definition) is 2. The van der Waals surface area contributed by atoms with Gasteiger partial charge in [0.25, 0.3) is 0 Å². The highest BCUT2D eigenvalue weighted by Crippen LogP contribution is 2.38. The molecule has 0 radical (unpaired) electrons. The zero-order chi connectivity index (χ0) is 12.6. The Morgan fingerprint density at radius 3 is 2.72 bits per heavy atom. The second kappa shape index (κ2) is 5.10. The van der Waals surface area contributed by atoms with Gasteiger partial charge in [0.1, 0.15) is 0 Å². The molecule has 104 valence electrons.